The van der Waals surface area contributed by atoms with Crippen LogP contribution in [0.2, 0.25) is 0 Å². The molecule has 0 aromatic rings. The van der Waals surface area contributed by atoms with Crippen LogP contribution in [-0.2, 0) is 4.74 Å². The number of aliphatic hydroxyl groups is 2. The van der Waals surface area contributed by atoms with Gasteiger partial charge in [-0.05, 0) is 44.4 Å². The Kier molecular flexibility index (Phi) is 6.93. The van der Waals surface area contributed by atoms with Gasteiger partial charge in [0.2, 0.25) is 0 Å². The average molecular weight is 299 g/mol. The second kappa shape index (κ2) is 8.47. The quantitative estimate of drug-likeness (QED) is 0.674. The van der Waals surface area contributed by atoms with Gasteiger partial charge in [0, 0.05) is 13.1 Å². The van der Waals surface area contributed by atoms with Crippen LogP contribution in [0.3, 0.4) is 0 Å². The number of nitrogens with one attached hydrogen (secondary N) is 1. The van der Waals surface area contributed by atoms with Crippen molar-refractivity contribution in [2.24, 2.45) is 5.92 Å². The Balaban J connectivity index is 1.55. The van der Waals surface area contributed by atoms with Crippen molar-refractivity contribution in [1.29, 1.82) is 0 Å². The maximum atomic E-state index is 10.5. The predicted molar refractivity (Wildman–Crippen MR) is 84.3 cm³/mol. The highest BCUT2D eigenvalue weighted by Gasteiger charge is 2.31. The summed E-state index contributed by atoms with van der Waals surface area (Å²) in [7, 11) is 0. The molecule has 0 saturated heterocycles. The minimum Gasteiger partial charge on any atom is -0.389 e. The molecular formula is C17H33NO3. The average Bonchev–Trinajstić information content (AvgIpc) is 2.50. The highest BCUT2D eigenvalue weighted by Crippen LogP contribution is 2.31. The van der Waals surface area contributed by atoms with E-state index in [0.717, 1.165) is 44.4 Å². The molecule has 2 fully saturated rings. The number of hydrogen-bond donors (Lipinski definition) is 3. The first-order valence-electron chi connectivity index (χ1n) is 8.80. The zero-order valence-corrected chi connectivity index (χ0v) is 13.5. The number of aliphatic hydroxyl groups excluding tert-OH is 1. The maximum Gasteiger partial charge on any atom is 0.0897 e. The third kappa shape index (κ3) is 6.23. The summed E-state index contributed by atoms with van der Waals surface area (Å²) >= 11 is 0. The molecule has 124 valence electrons. The van der Waals surface area contributed by atoms with Crippen molar-refractivity contribution in [1.82, 2.24) is 5.32 Å². The van der Waals surface area contributed by atoms with Gasteiger partial charge in [-0.3, -0.25) is 0 Å². The molecule has 21 heavy (non-hydrogen) atoms. The Morgan fingerprint density at radius 2 is 1.81 bits per heavy atom. The molecule has 0 aromatic carbocycles. The lowest BCUT2D eigenvalue weighted by molar-refractivity contribution is -0.0302. The summed E-state index contributed by atoms with van der Waals surface area (Å²) in [6.45, 7) is 3.75. The first kappa shape index (κ1) is 17.2. The van der Waals surface area contributed by atoms with Gasteiger partial charge in [0.05, 0.1) is 24.4 Å². The second-order valence-electron chi connectivity index (χ2n) is 7.28. The lowest BCUT2D eigenvalue weighted by Crippen LogP contribution is -2.45. The Morgan fingerprint density at radius 3 is 2.48 bits per heavy atom. The topological polar surface area (TPSA) is 61.7 Å². The monoisotopic (exact) mass is 299 g/mol. The fourth-order valence-corrected chi connectivity index (χ4v) is 3.49. The van der Waals surface area contributed by atoms with E-state index in [0.29, 0.717) is 25.8 Å². The van der Waals surface area contributed by atoms with Crippen LogP contribution in [-0.4, -0.2) is 47.7 Å². The van der Waals surface area contributed by atoms with Crippen molar-refractivity contribution < 1.29 is 14.9 Å². The Labute approximate surface area is 129 Å². The Bertz CT molecular complexity index is 284. The molecule has 4 heteroatoms. The number of ether oxygens (including phenoxy) is 1. The molecule has 4 nitrogen and oxygen atoms in total. The molecule has 0 amide bonds. The van der Waals surface area contributed by atoms with Gasteiger partial charge in [0.25, 0.3) is 0 Å². The highest BCUT2D eigenvalue weighted by molar-refractivity contribution is 4.86. The van der Waals surface area contributed by atoms with E-state index in [1.54, 1.807) is 0 Å². The molecule has 1 atom stereocenters. The van der Waals surface area contributed by atoms with E-state index in [9.17, 15) is 10.2 Å². The standard InChI is InChI=1S/C17H33NO3/c1-14-7-9-17(20,10-8-14)13-18-11-15(19)12-21-16-5-3-2-4-6-16/h14-16,18-20H,2-13H2,1H3. The first-order valence-corrected chi connectivity index (χ1v) is 8.80. The highest BCUT2D eigenvalue weighted by atomic mass is 16.5. The van der Waals surface area contributed by atoms with E-state index in [1.165, 1.54) is 19.3 Å². The molecule has 0 aliphatic heterocycles. The summed E-state index contributed by atoms with van der Waals surface area (Å²) in [4.78, 5) is 0. The third-order valence-electron chi connectivity index (χ3n) is 5.12. The van der Waals surface area contributed by atoms with Crippen LogP contribution in [0.1, 0.15) is 64.7 Å². The van der Waals surface area contributed by atoms with Crippen LogP contribution in [0, 0.1) is 5.92 Å². The Morgan fingerprint density at radius 1 is 1.14 bits per heavy atom. The van der Waals surface area contributed by atoms with Crippen LogP contribution in [0.15, 0.2) is 0 Å². The molecule has 2 saturated carbocycles. The molecule has 3 N–H and O–H groups in total. The van der Waals surface area contributed by atoms with Crippen molar-refractivity contribution >= 4 is 0 Å². The van der Waals surface area contributed by atoms with Gasteiger partial charge in [-0.2, -0.15) is 0 Å². The summed E-state index contributed by atoms with van der Waals surface area (Å²) in [5.74, 6) is 0.736. The van der Waals surface area contributed by atoms with Crippen molar-refractivity contribution in [3.05, 3.63) is 0 Å². The normalized spacial score (nSPS) is 33.0. The van der Waals surface area contributed by atoms with Gasteiger partial charge >= 0.3 is 0 Å². The number of hydrogen-bond acceptors (Lipinski definition) is 4. The molecule has 0 radical (unpaired) electrons. The van der Waals surface area contributed by atoms with E-state index in [2.05, 4.69) is 12.2 Å². The lowest BCUT2D eigenvalue weighted by Gasteiger charge is -2.35. The summed E-state index contributed by atoms with van der Waals surface area (Å²) in [6.07, 6.45) is 9.92. The SMILES string of the molecule is CC1CCC(O)(CNCC(O)COC2CCCCC2)CC1. The van der Waals surface area contributed by atoms with E-state index in [1.807, 2.05) is 0 Å². The summed E-state index contributed by atoms with van der Waals surface area (Å²) in [5.41, 5.74) is -0.573. The van der Waals surface area contributed by atoms with Crippen molar-refractivity contribution in [2.45, 2.75) is 82.5 Å². The van der Waals surface area contributed by atoms with Gasteiger partial charge in [-0.15, -0.1) is 0 Å². The van der Waals surface area contributed by atoms with Gasteiger partial charge in [0.1, 0.15) is 0 Å². The smallest absolute Gasteiger partial charge is 0.0897 e. The van der Waals surface area contributed by atoms with Gasteiger partial charge in [-0.1, -0.05) is 26.2 Å². The molecule has 1 unspecified atom stereocenters. The molecule has 0 aromatic heterocycles. The van der Waals surface area contributed by atoms with Crippen LogP contribution in [0.25, 0.3) is 0 Å². The minimum absolute atomic E-state index is 0.345. The zero-order valence-electron chi connectivity index (χ0n) is 13.5. The zero-order chi connectivity index (χ0) is 15.1. The van der Waals surface area contributed by atoms with Gasteiger partial charge in [0.15, 0.2) is 0 Å². The van der Waals surface area contributed by atoms with Gasteiger partial charge < -0.3 is 20.3 Å². The molecule has 2 aliphatic carbocycles. The van der Waals surface area contributed by atoms with E-state index in [-0.39, 0.29) is 0 Å². The van der Waals surface area contributed by atoms with Gasteiger partial charge in [-0.25, -0.2) is 0 Å². The van der Waals surface area contributed by atoms with Crippen LogP contribution in [0.4, 0.5) is 0 Å². The van der Waals surface area contributed by atoms with Crippen molar-refractivity contribution in [3.63, 3.8) is 0 Å². The maximum absolute atomic E-state index is 10.5. The van der Waals surface area contributed by atoms with E-state index < -0.39 is 11.7 Å². The summed E-state index contributed by atoms with van der Waals surface area (Å²) < 4.78 is 5.77. The molecule has 0 heterocycles. The van der Waals surface area contributed by atoms with E-state index >= 15 is 0 Å². The molecular weight excluding hydrogens is 266 g/mol. The second-order valence-corrected chi connectivity index (χ2v) is 7.28. The summed E-state index contributed by atoms with van der Waals surface area (Å²) in [6, 6.07) is 0. The van der Waals surface area contributed by atoms with Crippen molar-refractivity contribution in [3.8, 4) is 0 Å². The predicted octanol–water partition coefficient (Wildman–Crippen LogP) is 2.23. The fourth-order valence-electron chi connectivity index (χ4n) is 3.49. The van der Waals surface area contributed by atoms with Crippen LogP contribution in [0.5, 0.6) is 0 Å². The number of rotatable bonds is 7. The Hall–Kier alpha value is -0.160. The first-order chi connectivity index (χ1) is 10.1. The third-order valence-corrected chi connectivity index (χ3v) is 5.12. The largest absolute Gasteiger partial charge is 0.389 e. The summed E-state index contributed by atoms with van der Waals surface area (Å²) in [5, 5.41) is 23.6. The lowest BCUT2D eigenvalue weighted by atomic mass is 9.79. The fraction of sp³-hybridized carbons (Fsp3) is 1.00. The van der Waals surface area contributed by atoms with E-state index in [4.69, 9.17) is 4.74 Å². The molecule has 0 bridgehead atoms. The molecule has 0 spiro atoms. The minimum atomic E-state index is -0.573. The van der Waals surface area contributed by atoms with Crippen molar-refractivity contribution in [2.75, 3.05) is 19.7 Å². The van der Waals surface area contributed by atoms with Crippen LogP contribution < -0.4 is 5.32 Å². The molecule has 2 aliphatic rings. The van der Waals surface area contributed by atoms with Crippen LogP contribution >= 0.6 is 0 Å². The molecule has 2 rings (SSSR count).